The van der Waals surface area contributed by atoms with E-state index in [0.29, 0.717) is 29.7 Å². The van der Waals surface area contributed by atoms with Gasteiger partial charge >= 0.3 is 0 Å². The molecule has 1 aliphatic rings. The van der Waals surface area contributed by atoms with Gasteiger partial charge in [0.25, 0.3) is 0 Å². The molecule has 3 aromatic carbocycles. The molecule has 0 amide bonds. The lowest BCUT2D eigenvalue weighted by Crippen LogP contribution is -2.24. The molecule has 0 aliphatic carbocycles. The quantitative estimate of drug-likeness (QED) is 0.270. The number of hydrogen-bond donors (Lipinski definition) is 0. The fraction of sp³-hybridized carbons (Fsp3) is 0.286. The van der Waals surface area contributed by atoms with Crippen LogP contribution in [0.3, 0.4) is 0 Å². The molecule has 1 fully saturated rings. The van der Waals surface area contributed by atoms with Crippen LogP contribution in [0.15, 0.2) is 60.7 Å². The van der Waals surface area contributed by atoms with Crippen molar-refractivity contribution in [3.05, 3.63) is 89.5 Å². The van der Waals surface area contributed by atoms with Crippen molar-refractivity contribution in [3.8, 4) is 28.0 Å². The normalized spacial score (nSPS) is 18.4. The van der Waals surface area contributed by atoms with E-state index in [-0.39, 0.29) is 35.5 Å². The standard InChI is InChI=1S/C28H26F4O2/c1-3-5-20-11-10-19(16-34-20)23-13-12-21(25(29)26(23)30)17-6-8-18(9-7-17)22-14-15-24(33-4-2)28(32)27(22)31/h3,5-9,12-15,19-20H,4,10-11,16H2,1-2H3/b5-3+. The fourth-order valence-electron chi connectivity index (χ4n) is 4.34. The first kappa shape index (κ1) is 24.0. The van der Waals surface area contributed by atoms with Gasteiger partial charge < -0.3 is 9.47 Å². The molecular weight excluding hydrogens is 444 g/mol. The molecule has 0 radical (unpaired) electrons. The summed E-state index contributed by atoms with van der Waals surface area (Å²) in [5.74, 6) is -4.25. The molecule has 0 aromatic heterocycles. The first-order valence-electron chi connectivity index (χ1n) is 11.4. The lowest BCUT2D eigenvalue weighted by Gasteiger charge is -2.28. The van der Waals surface area contributed by atoms with E-state index in [2.05, 4.69) is 0 Å². The Bertz CT molecular complexity index is 1180. The Kier molecular flexibility index (Phi) is 7.37. The summed E-state index contributed by atoms with van der Waals surface area (Å²) >= 11 is 0. The van der Waals surface area contributed by atoms with Gasteiger partial charge in [0.1, 0.15) is 0 Å². The van der Waals surface area contributed by atoms with E-state index in [1.807, 2.05) is 19.1 Å². The predicted octanol–water partition coefficient (Wildman–Crippen LogP) is 7.81. The van der Waals surface area contributed by atoms with Crippen LogP contribution in [0.5, 0.6) is 5.75 Å². The average molecular weight is 471 g/mol. The zero-order valence-corrected chi connectivity index (χ0v) is 19.1. The second-order valence-corrected chi connectivity index (χ2v) is 8.25. The van der Waals surface area contributed by atoms with E-state index in [1.54, 1.807) is 43.3 Å². The maximum Gasteiger partial charge on any atom is 0.201 e. The highest BCUT2D eigenvalue weighted by Gasteiger charge is 2.26. The molecule has 4 rings (SSSR count). The third-order valence-corrected chi connectivity index (χ3v) is 6.12. The zero-order valence-electron chi connectivity index (χ0n) is 19.1. The van der Waals surface area contributed by atoms with Crippen LogP contribution in [0.2, 0.25) is 0 Å². The Labute approximate surface area is 196 Å². The highest BCUT2D eigenvalue weighted by Crippen LogP contribution is 2.36. The van der Waals surface area contributed by atoms with Gasteiger partial charge in [-0.2, -0.15) is 4.39 Å². The number of hydrogen-bond acceptors (Lipinski definition) is 2. The van der Waals surface area contributed by atoms with Gasteiger partial charge in [-0.05, 0) is 55.5 Å². The average Bonchev–Trinajstić information content (AvgIpc) is 2.85. The molecule has 34 heavy (non-hydrogen) atoms. The van der Waals surface area contributed by atoms with Gasteiger partial charge in [0.2, 0.25) is 5.82 Å². The Balaban J connectivity index is 1.57. The van der Waals surface area contributed by atoms with Gasteiger partial charge in [-0.1, -0.05) is 48.6 Å². The number of halogens is 4. The van der Waals surface area contributed by atoms with Crippen LogP contribution in [-0.4, -0.2) is 19.3 Å². The predicted molar refractivity (Wildman–Crippen MR) is 125 cm³/mol. The van der Waals surface area contributed by atoms with Gasteiger partial charge in [0, 0.05) is 17.0 Å². The van der Waals surface area contributed by atoms with Gasteiger partial charge in [0.15, 0.2) is 23.2 Å². The molecule has 0 bridgehead atoms. The lowest BCUT2D eigenvalue weighted by atomic mass is 9.89. The smallest absolute Gasteiger partial charge is 0.201 e. The van der Waals surface area contributed by atoms with Crippen molar-refractivity contribution in [1.82, 2.24) is 0 Å². The topological polar surface area (TPSA) is 18.5 Å². The van der Waals surface area contributed by atoms with E-state index >= 15 is 4.39 Å². The summed E-state index contributed by atoms with van der Waals surface area (Å²) in [4.78, 5) is 0. The van der Waals surface area contributed by atoms with Crippen LogP contribution < -0.4 is 4.74 Å². The second-order valence-electron chi connectivity index (χ2n) is 8.25. The SMILES string of the molecule is C/C=C/C1CCC(c2ccc(-c3ccc(-c4ccc(OCC)c(F)c4F)cc3)c(F)c2F)CO1. The van der Waals surface area contributed by atoms with Crippen LogP contribution in [0.4, 0.5) is 17.6 Å². The summed E-state index contributed by atoms with van der Waals surface area (Å²) in [6, 6.07) is 12.2. The number of rotatable bonds is 6. The molecule has 0 saturated carbocycles. The summed E-state index contributed by atoms with van der Waals surface area (Å²) in [5, 5.41) is 0. The minimum absolute atomic E-state index is 0.0145. The van der Waals surface area contributed by atoms with Crippen LogP contribution in [0, 0.1) is 23.3 Å². The van der Waals surface area contributed by atoms with E-state index < -0.39 is 23.3 Å². The van der Waals surface area contributed by atoms with Gasteiger partial charge in [-0.15, -0.1) is 0 Å². The van der Waals surface area contributed by atoms with Crippen molar-refractivity contribution >= 4 is 0 Å². The first-order chi connectivity index (χ1) is 16.4. The van der Waals surface area contributed by atoms with Crippen LogP contribution in [0.1, 0.15) is 38.2 Å². The maximum absolute atomic E-state index is 15.0. The molecule has 1 aliphatic heterocycles. The van der Waals surface area contributed by atoms with Crippen LogP contribution in [0.25, 0.3) is 22.3 Å². The zero-order chi connectivity index (χ0) is 24.2. The summed E-state index contributed by atoms with van der Waals surface area (Å²) in [6.45, 7) is 4.16. The van der Waals surface area contributed by atoms with Crippen molar-refractivity contribution in [2.75, 3.05) is 13.2 Å². The van der Waals surface area contributed by atoms with Crippen molar-refractivity contribution < 1.29 is 27.0 Å². The van der Waals surface area contributed by atoms with E-state index in [9.17, 15) is 13.2 Å². The summed E-state index contributed by atoms with van der Waals surface area (Å²) < 4.78 is 69.5. The summed E-state index contributed by atoms with van der Waals surface area (Å²) in [7, 11) is 0. The number of ether oxygens (including phenoxy) is 2. The number of benzene rings is 3. The molecule has 178 valence electrons. The molecule has 3 aromatic rings. The summed E-state index contributed by atoms with van der Waals surface area (Å²) in [5.41, 5.74) is 1.32. The minimum Gasteiger partial charge on any atom is -0.491 e. The minimum atomic E-state index is -1.06. The molecule has 0 N–H and O–H groups in total. The third-order valence-electron chi connectivity index (χ3n) is 6.12. The Morgan fingerprint density at radius 3 is 2.00 bits per heavy atom. The molecule has 2 nitrogen and oxygen atoms in total. The first-order valence-corrected chi connectivity index (χ1v) is 11.4. The molecule has 2 atom stereocenters. The maximum atomic E-state index is 15.0. The molecule has 1 saturated heterocycles. The van der Waals surface area contributed by atoms with E-state index in [4.69, 9.17) is 9.47 Å². The Morgan fingerprint density at radius 1 is 0.824 bits per heavy atom. The van der Waals surface area contributed by atoms with Crippen molar-refractivity contribution in [2.45, 2.75) is 38.7 Å². The molecular formula is C28H26F4O2. The highest BCUT2D eigenvalue weighted by molar-refractivity contribution is 5.71. The van der Waals surface area contributed by atoms with Gasteiger partial charge in [-0.3, -0.25) is 0 Å². The molecule has 2 unspecified atom stereocenters. The van der Waals surface area contributed by atoms with Gasteiger partial charge in [0.05, 0.1) is 19.3 Å². The molecule has 1 heterocycles. The third kappa shape index (κ3) is 4.73. The van der Waals surface area contributed by atoms with Crippen LogP contribution >= 0.6 is 0 Å². The number of allylic oxidation sites excluding steroid dienone is 1. The van der Waals surface area contributed by atoms with E-state index in [0.717, 1.165) is 6.42 Å². The van der Waals surface area contributed by atoms with Crippen molar-refractivity contribution in [2.24, 2.45) is 0 Å². The van der Waals surface area contributed by atoms with Crippen LogP contribution in [-0.2, 0) is 4.74 Å². The van der Waals surface area contributed by atoms with Crippen molar-refractivity contribution in [1.29, 1.82) is 0 Å². The van der Waals surface area contributed by atoms with Crippen molar-refractivity contribution in [3.63, 3.8) is 0 Å². The largest absolute Gasteiger partial charge is 0.491 e. The highest BCUT2D eigenvalue weighted by atomic mass is 19.2. The Hall–Kier alpha value is -3.12. The molecule has 6 heteroatoms. The second kappa shape index (κ2) is 10.4. The monoisotopic (exact) mass is 470 g/mol. The lowest BCUT2D eigenvalue weighted by molar-refractivity contribution is 0.0317. The molecule has 0 spiro atoms. The van der Waals surface area contributed by atoms with E-state index in [1.165, 1.54) is 12.1 Å². The Morgan fingerprint density at radius 2 is 1.44 bits per heavy atom. The fourth-order valence-corrected chi connectivity index (χ4v) is 4.34. The van der Waals surface area contributed by atoms with Gasteiger partial charge in [-0.25, -0.2) is 13.2 Å². The summed E-state index contributed by atoms with van der Waals surface area (Å²) in [6.07, 6.45) is 5.37.